The molecule has 4 fully saturated rings. The van der Waals surface area contributed by atoms with Crippen LogP contribution in [-0.2, 0) is 9.53 Å². The minimum absolute atomic E-state index is 0.00751. The lowest BCUT2D eigenvalue weighted by Gasteiger charge is -2.56. The highest BCUT2D eigenvalue weighted by Gasteiger charge is 2.51. The van der Waals surface area contributed by atoms with Crippen molar-refractivity contribution >= 4 is 12.0 Å². The molecule has 4 bridgehead atoms. The van der Waals surface area contributed by atoms with Gasteiger partial charge >= 0.3 is 0 Å². The molecule has 0 atom stereocenters. The standard InChI is InChI=1S/C19H24N2O2/c1-23-17(9-16-4-2-3-5-20-16)18(22)21-19-10-13-6-14(11-19)8-15(7-13)12-19/h2-5,9,13-15H,6-8,10-12H2,1H3,(H,21,22)/b17-9+. The number of methoxy groups -OCH3 is 1. The Balaban J connectivity index is 1.52. The molecule has 4 aliphatic rings. The Labute approximate surface area is 137 Å². The fraction of sp³-hybridized carbons (Fsp3) is 0.579. The third-order valence-corrected chi connectivity index (χ3v) is 5.83. The summed E-state index contributed by atoms with van der Waals surface area (Å²) in [7, 11) is 1.55. The molecule has 0 aromatic carbocycles. The number of ether oxygens (including phenoxy) is 1. The quantitative estimate of drug-likeness (QED) is 0.686. The average molecular weight is 312 g/mol. The van der Waals surface area contributed by atoms with Crippen molar-refractivity contribution in [2.75, 3.05) is 7.11 Å². The molecule has 122 valence electrons. The minimum atomic E-state index is -0.0971. The molecule has 0 saturated heterocycles. The molecule has 1 heterocycles. The summed E-state index contributed by atoms with van der Waals surface area (Å²) in [5.41, 5.74) is 0.748. The summed E-state index contributed by atoms with van der Waals surface area (Å²) in [6.07, 6.45) is 11.0. The summed E-state index contributed by atoms with van der Waals surface area (Å²) in [5.74, 6) is 2.69. The first kappa shape index (κ1) is 14.7. The lowest BCUT2D eigenvalue weighted by atomic mass is 9.53. The van der Waals surface area contributed by atoms with Gasteiger partial charge in [-0.15, -0.1) is 0 Å². The fourth-order valence-corrected chi connectivity index (χ4v) is 5.38. The summed E-state index contributed by atoms with van der Waals surface area (Å²) in [6, 6.07) is 5.64. The van der Waals surface area contributed by atoms with E-state index in [1.165, 1.54) is 19.3 Å². The van der Waals surface area contributed by atoms with E-state index in [4.69, 9.17) is 4.74 Å². The largest absolute Gasteiger partial charge is 0.491 e. The molecule has 23 heavy (non-hydrogen) atoms. The zero-order valence-corrected chi connectivity index (χ0v) is 13.6. The second-order valence-corrected chi connectivity index (χ2v) is 7.62. The van der Waals surface area contributed by atoms with Gasteiger partial charge in [0.2, 0.25) is 0 Å². The number of amides is 1. The first-order chi connectivity index (χ1) is 11.2. The van der Waals surface area contributed by atoms with Crippen LogP contribution in [0.2, 0.25) is 0 Å². The molecule has 4 heteroatoms. The Hall–Kier alpha value is -1.84. The number of hydrogen-bond acceptors (Lipinski definition) is 3. The molecule has 0 spiro atoms. The van der Waals surface area contributed by atoms with Gasteiger partial charge in [0, 0.05) is 17.8 Å². The van der Waals surface area contributed by atoms with Gasteiger partial charge in [-0.05, 0) is 68.4 Å². The topological polar surface area (TPSA) is 51.2 Å². The number of carbonyl (C=O) groups excluding carboxylic acids is 1. The SMILES string of the molecule is CO/C(=C/c1ccccn1)C(=O)NC12CC3CC(CC(C3)C1)C2. The van der Waals surface area contributed by atoms with E-state index in [2.05, 4.69) is 10.3 Å². The van der Waals surface area contributed by atoms with Crippen LogP contribution in [0, 0.1) is 17.8 Å². The van der Waals surface area contributed by atoms with Crippen LogP contribution in [0.5, 0.6) is 0 Å². The Kier molecular flexibility index (Phi) is 3.63. The molecule has 4 nitrogen and oxygen atoms in total. The normalized spacial score (nSPS) is 35.2. The number of nitrogens with one attached hydrogen (secondary N) is 1. The van der Waals surface area contributed by atoms with Gasteiger partial charge in [-0.3, -0.25) is 9.78 Å². The Morgan fingerprint density at radius 2 is 1.87 bits per heavy atom. The molecular formula is C19H24N2O2. The first-order valence-electron chi connectivity index (χ1n) is 8.65. The predicted octanol–water partition coefficient (Wildman–Crippen LogP) is 3.15. The first-order valence-corrected chi connectivity index (χ1v) is 8.65. The van der Waals surface area contributed by atoms with Crippen molar-refractivity contribution in [2.45, 2.75) is 44.1 Å². The van der Waals surface area contributed by atoms with Crippen LogP contribution in [0.15, 0.2) is 30.2 Å². The van der Waals surface area contributed by atoms with Crippen molar-refractivity contribution in [1.29, 1.82) is 0 Å². The van der Waals surface area contributed by atoms with Gasteiger partial charge in [-0.2, -0.15) is 0 Å². The number of pyridine rings is 1. The lowest BCUT2D eigenvalue weighted by Crippen LogP contribution is -2.60. The fourth-order valence-electron chi connectivity index (χ4n) is 5.38. The number of carbonyl (C=O) groups is 1. The van der Waals surface area contributed by atoms with Crippen LogP contribution in [0.4, 0.5) is 0 Å². The van der Waals surface area contributed by atoms with E-state index in [9.17, 15) is 4.79 Å². The second-order valence-electron chi connectivity index (χ2n) is 7.62. The van der Waals surface area contributed by atoms with Gasteiger partial charge in [0.15, 0.2) is 5.76 Å². The smallest absolute Gasteiger partial charge is 0.286 e. The van der Waals surface area contributed by atoms with Crippen LogP contribution < -0.4 is 5.32 Å². The third kappa shape index (κ3) is 2.87. The van der Waals surface area contributed by atoms with E-state index in [0.717, 1.165) is 42.7 Å². The van der Waals surface area contributed by atoms with E-state index in [1.54, 1.807) is 19.4 Å². The zero-order chi connectivity index (χ0) is 15.9. The zero-order valence-electron chi connectivity index (χ0n) is 13.6. The minimum Gasteiger partial charge on any atom is -0.491 e. The van der Waals surface area contributed by atoms with Crippen molar-refractivity contribution in [3.05, 3.63) is 35.8 Å². The Morgan fingerprint density at radius 3 is 2.39 bits per heavy atom. The Morgan fingerprint density at radius 1 is 1.22 bits per heavy atom. The molecule has 0 aliphatic heterocycles. The second kappa shape index (κ2) is 5.66. The van der Waals surface area contributed by atoms with Gasteiger partial charge in [-0.1, -0.05) is 6.07 Å². The van der Waals surface area contributed by atoms with E-state index >= 15 is 0 Å². The number of hydrogen-bond donors (Lipinski definition) is 1. The maximum atomic E-state index is 12.7. The van der Waals surface area contributed by atoms with E-state index in [1.807, 2.05) is 18.2 Å². The van der Waals surface area contributed by atoms with Crippen molar-refractivity contribution < 1.29 is 9.53 Å². The molecule has 1 aromatic rings. The van der Waals surface area contributed by atoms with Crippen LogP contribution in [0.25, 0.3) is 6.08 Å². The number of nitrogens with zero attached hydrogens (tertiary/aromatic N) is 1. The maximum absolute atomic E-state index is 12.7. The van der Waals surface area contributed by atoms with Crippen molar-refractivity contribution in [1.82, 2.24) is 10.3 Å². The van der Waals surface area contributed by atoms with Gasteiger partial charge < -0.3 is 10.1 Å². The molecular weight excluding hydrogens is 288 g/mol. The van der Waals surface area contributed by atoms with E-state index < -0.39 is 0 Å². The van der Waals surface area contributed by atoms with Crippen LogP contribution >= 0.6 is 0 Å². The van der Waals surface area contributed by atoms with Gasteiger partial charge in [0.05, 0.1) is 12.8 Å². The van der Waals surface area contributed by atoms with Crippen molar-refractivity contribution in [3.8, 4) is 0 Å². The van der Waals surface area contributed by atoms with E-state index in [-0.39, 0.29) is 11.4 Å². The monoisotopic (exact) mass is 312 g/mol. The lowest BCUT2D eigenvalue weighted by molar-refractivity contribution is -0.126. The average Bonchev–Trinajstić information content (AvgIpc) is 2.51. The van der Waals surface area contributed by atoms with Gasteiger partial charge in [0.25, 0.3) is 5.91 Å². The molecule has 1 aromatic heterocycles. The molecule has 4 aliphatic carbocycles. The highest BCUT2D eigenvalue weighted by molar-refractivity contribution is 5.96. The van der Waals surface area contributed by atoms with Crippen LogP contribution in [0.3, 0.4) is 0 Å². The highest BCUT2D eigenvalue weighted by atomic mass is 16.5. The molecule has 0 radical (unpaired) electrons. The van der Waals surface area contributed by atoms with E-state index in [0.29, 0.717) is 5.76 Å². The highest BCUT2D eigenvalue weighted by Crippen LogP contribution is 2.55. The van der Waals surface area contributed by atoms with Crippen molar-refractivity contribution in [3.63, 3.8) is 0 Å². The summed E-state index contributed by atoms with van der Waals surface area (Å²) in [5, 5.41) is 3.34. The Bertz CT molecular complexity index is 588. The molecule has 5 rings (SSSR count). The predicted molar refractivity (Wildman–Crippen MR) is 88.3 cm³/mol. The molecule has 4 saturated carbocycles. The summed E-state index contributed by atoms with van der Waals surface area (Å²) in [4.78, 5) is 17.0. The summed E-state index contributed by atoms with van der Waals surface area (Å²) in [6.45, 7) is 0. The maximum Gasteiger partial charge on any atom is 0.286 e. The van der Waals surface area contributed by atoms with Crippen LogP contribution in [0.1, 0.15) is 44.2 Å². The summed E-state index contributed by atoms with van der Waals surface area (Å²) >= 11 is 0. The number of rotatable bonds is 4. The molecule has 1 amide bonds. The van der Waals surface area contributed by atoms with Crippen LogP contribution in [-0.4, -0.2) is 23.5 Å². The molecule has 0 unspecified atom stereocenters. The molecule has 1 N–H and O–H groups in total. The van der Waals surface area contributed by atoms with Crippen molar-refractivity contribution in [2.24, 2.45) is 17.8 Å². The summed E-state index contributed by atoms with van der Waals surface area (Å²) < 4.78 is 5.34. The van der Waals surface area contributed by atoms with Gasteiger partial charge in [-0.25, -0.2) is 0 Å². The van der Waals surface area contributed by atoms with Gasteiger partial charge in [0.1, 0.15) is 0 Å². The third-order valence-electron chi connectivity index (χ3n) is 5.83. The number of aromatic nitrogens is 1.